The average molecular weight is 365 g/mol. The molecule has 0 radical (unpaired) electrons. The summed E-state index contributed by atoms with van der Waals surface area (Å²) < 4.78 is 11.5. The predicted molar refractivity (Wildman–Crippen MR) is 107 cm³/mol. The van der Waals surface area contributed by atoms with E-state index < -0.39 is 8.32 Å². The van der Waals surface area contributed by atoms with Crippen molar-refractivity contribution in [3.8, 4) is 0 Å². The van der Waals surface area contributed by atoms with E-state index >= 15 is 0 Å². The van der Waals surface area contributed by atoms with Crippen LogP contribution in [-0.2, 0) is 20.4 Å². The number of carbonyl (C=O) groups excluding carboxylic acids is 1. The second-order valence-electron chi connectivity index (χ2n) is 8.26. The fourth-order valence-electron chi connectivity index (χ4n) is 2.28. The van der Waals surface area contributed by atoms with Gasteiger partial charge in [0.15, 0.2) is 8.32 Å². The summed E-state index contributed by atoms with van der Waals surface area (Å²) in [7, 11) is -1.59. The molecule has 142 valence electrons. The highest BCUT2D eigenvalue weighted by molar-refractivity contribution is 6.74. The number of esters is 1. The number of ether oxygens (including phenoxy) is 1. The van der Waals surface area contributed by atoms with Crippen molar-refractivity contribution in [2.24, 2.45) is 0 Å². The molecule has 0 fully saturated rings. The van der Waals surface area contributed by atoms with Crippen LogP contribution in [0.1, 0.15) is 58.4 Å². The first-order valence-electron chi connectivity index (χ1n) is 9.56. The van der Waals surface area contributed by atoms with Crippen LogP contribution in [0.4, 0.5) is 0 Å². The zero-order valence-electron chi connectivity index (χ0n) is 16.8. The van der Waals surface area contributed by atoms with Gasteiger partial charge in [-0.3, -0.25) is 4.79 Å². The Morgan fingerprint density at radius 3 is 2.08 bits per heavy atom. The third-order valence-electron chi connectivity index (χ3n) is 5.01. The van der Waals surface area contributed by atoms with Gasteiger partial charge >= 0.3 is 5.97 Å². The number of carbonyl (C=O) groups is 1. The van der Waals surface area contributed by atoms with Gasteiger partial charge in [-0.05, 0) is 36.5 Å². The lowest BCUT2D eigenvalue weighted by Gasteiger charge is -2.36. The van der Waals surface area contributed by atoms with Crippen molar-refractivity contribution in [1.29, 1.82) is 0 Å². The summed E-state index contributed by atoms with van der Waals surface area (Å²) in [5, 5.41) is 0.288. The Labute approximate surface area is 155 Å². The Balaban J connectivity index is 1.98. The number of benzene rings is 1. The van der Waals surface area contributed by atoms with E-state index in [1.54, 1.807) is 0 Å². The van der Waals surface area contributed by atoms with Crippen LogP contribution in [0.15, 0.2) is 30.3 Å². The zero-order valence-corrected chi connectivity index (χ0v) is 17.8. The van der Waals surface area contributed by atoms with Gasteiger partial charge in [0.25, 0.3) is 0 Å². The largest absolute Gasteiger partial charge is 0.465 e. The number of hydrogen-bond acceptors (Lipinski definition) is 3. The Bertz CT molecular complexity index is 492. The van der Waals surface area contributed by atoms with E-state index in [1.165, 1.54) is 12.8 Å². The molecule has 0 spiro atoms. The Morgan fingerprint density at radius 1 is 0.920 bits per heavy atom. The van der Waals surface area contributed by atoms with Gasteiger partial charge in [-0.25, -0.2) is 0 Å². The van der Waals surface area contributed by atoms with E-state index in [9.17, 15) is 4.79 Å². The second kappa shape index (κ2) is 10.8. The summed E-state index contributed by atoms with van der Waals surface area (Å²) in [6, 6.07) is 9.74. The summed E-state index contributed by atoms with van der Waals surface area (Å²) in [4.78, 5) is 11.7. The van der Waals surface area contributed by atoms with Crippen molar-refractivity contribution >= 4 is 14.3 Å². The van der Waals surface area contributed by atoms with Gasteiger partial charge in [0, 0.05) is 6.61 Å². The van der Waals surface area contributed by atoms with Gasteiger partial charge in [0.1, 0.15) is 0 Å². The lowest BCUT2D eigenvalue weighted by atomic mass is 10.1. The number of unbranched alkanes of at least 4 members (excludes halogenated alkanes) is 4. The highest BCUT2D eigenvalue weighted by Crippen LogP contribution is 2.36. The molecule has 0 aromatic heterocycles. The van der Waals surface area contributed by atoms with Crippen molar-refractivity contribution < 1.29 is 14.0 Å². The lowest BCUT2D eigenvalue weighted by Crippen LogP contribution is -2.40. The third-order valence-corrected chi connectivity index (χ3v) is 9.55. The maximum atomic E-state index is 11.7. The van der Waals surface area contributed by atoms with Crippen LogP contribution in [0.3, 0.4) is 0 Å². The molecule has 0 heterocycles. The second-order valence-corrected chi connectivity index (χ2v) is 13.1. The molecule has 0 amide bonds. The molecule has 0 aliphatic heterocycles. The van der Waals surface area contributed by atoms with Gasteiger partial charge < -0.3 is 9.16 Å². The third kappa shape index (κ3) is 9.22. The Morgan fingerprint density at radius 2 is 1.48 bits per heavy atom. The molecule has 4 heteroatoms. The standard InChI is InChI=1S/C21H36O3Si/c1-21(2,3)25(4,5)24-17-13-8-6-7-12-16-23-20(22)18-19-14-10-9-11-15-19/h9-11,14-15H,6-8,12-13,16-18H2,1-5H3. The van der Waals surface area contributed by atoms with Crippen LogP contribution in [0.2, 0.25) is 18.1 Å². The van der Waals surface area contributed by atoms with Crippen molar-refractivity contribution in [3.05, 3.63) is 35.9 Å². The summed E-state index contributed by atoms with van der Waals surface area (Å²) in [6.45, 7) is 12.8. The molecular weight excluding hydrogens is 328 g/mol. The van der Waals surface area contributed by atoms with Gasteiger partial charge in [0.2, 0.25) is 0 Å². The molecule has 0 unspecified atom stereocenters. The maximum Gasteiger partial charge on any atom is 0.310 e. The van der Waals surface area contributed by atoms with Gasteiger partial charge in [-0.2, -0.15) is 0 Å². The minimum absolute atomic E-state index is 0.131. The Hall–Kier alpha value is -1.13. The predicted octanol–water partition coefficient (Wildman–Crippen LogP) is 5.74. The first kappa shape index (κ1) is 21.9. The molecule has 1 rings (SSSR count). The fraction of sp³-hybridized carbons (Fsp3) is 0.667. The van der Waals surface area contributed by atoms with Crippen LogP contribution in [0, 0.1) is 0 Å². The van der Waals surface area contributed by atoms with Crippen molar-refractivity contribution in [2.45, 2.75) is 77.4 Å². The molecule has 0 saturated heterocycles. The van der Waals surface area contributed by atoms with Gasteiger partial charge in [0.05, 0.1) is 13.0 Å². The van der Waals surface area contributed by atoms with E-state index in [2.05, 4.69) is 33.9 Å². The molecule has 0 N–H and O–H groups in total. The van der Waals surface area contributed by atoms with E-state index in [1.807, 2.05) is 30.3 Å². The van der Waals surface area contributed by atoms with Crippen molar-refractivity contribution in [1.82, 2.24) is 0 Å². The highest BCUT2D eigenvalue weighted by Gasteiger charge is 2.36. The number of hydrogen-bond donors (Lipinski definition) is 0. The summed E-state index contributed by atoms with van der Waals surface area (Å²) >= 11 is 0. The smallest absolute Gasteiger partial charge is 0.310 e. The summed E-state index contributed by atoms with van der Waals surface area (Å²) in [6.07, 6.45) is 5.91. The molecule has 0 atom stereocenters. The summed E-state index contributed by atoms with van der Waals surface area (Å²) in [5.74, 6) is -0.131. The Kier molecular flexibility index (Phi) is 9.44. The molecule has 3 nitrogen and oxygen atoms in total. The molecule has 1 aromatic carbocycles. The average Bonchev–Trinajstić information content (AvgIpc) is 2.53. The molecule has 0 aliphatic rings. The van der Waals surface area contributed by atoms with Gasteiger partial charge in [-0.15, -0.1) is 0 Å². The molecule has 0 aliphatic carbocycles. The maximum absolute atomic E-state index is 11.7. The molecule has 25 heavy (non-hydrogen) atoms. The SMILES string of the molecule is CC(C)(C)[Si](C)(C)OCCCCCCCOC(=O)Cc1ccccc1. The van der Waals surface area contributed by atoms with Crippen molar-refractivity contribution in [3.63, 3.8) is 0 Å². The number of rotatable bonds is 11. The minimum atomic E-state index is -1.59. The van der Waals surface area contributed by atoms with E-state index in [0.29, 0.717) is 13.0 Å². The van der Waals surface area contributed by atoms with Gasteiger partial charge in [-0.1, -0.05) is 70.4 Å². The van der Waals surface area contributed by atoms with Crippen molar-refractivity contribution in [2.75, 3.05) is 13.2 Å². The van der Waals surface area contributed by atoms with E-state index in [4.69, 9.17) is 9.16 Å². The minimum Gasteiger partial charge on any atom is -0.465 e. The zero-order chi connectivity index (χ0) is 18.8. The van der Waals surface area contributed by atoms with Crippen LogP contribution >= 0.6 is 0 Å². The molecule has 0 bridgehead atoms. The monoisotopic (exact) mass is 364 g/mol. The van der Waals surface area contributed by atoms with E-state index in [-0.39, 0.29) is 11.0 Å². The summed E-state index contributed by atoms with van der Waals surface area (Å²) in [5.41, 5.74) is 1.01. The topological polar surface area (TPSA) is 35.5 Å². The quantitative estimate of drug-likeness (QED) is 0.285. The molecule has 1 aromatic rings. The van der Waals surface area contributed by atoms with E-state index in [0.717, 1.165) is 31.4 Å². The van der Waals surface area contributed by atoms with Crippen LogP contribution in [-0.4, -0.2) is 27.5 Å². The highest BCUT2D eigenvalue weighted by atomic mass is 28.4. The van der Waals surface area contributed by atoms with Crippen LogP contribution in [0.25, 0.3) is 0 Å². The lowest BCUT2D eigenvalue weighted by molar-refractivity contribution is -0.142. The van der Waals surface area contributed by atoms with Crippen LogP contribution in [0.5, 0.6) is 0 Å². The fourth-order valence-corrected chi connectivity index (χ4v) is 3.37. The first-order chi connectivity index (χ1) is 11.7. The van der Waals surface area contributed by atoms with Crippen LogP contribution < -0.4 is 0 Å². The first-order valence-corrected chi connectivity index (χ1v) is 12.5. The molecule has 0 saturated carbocycles. The molecular formula is C21H36O3Si. The normalized spacial score (nSPS) is 12.2.